The lowest BCUT2D eigenvalue weighted by Gasteiger charge is -2.37. The summed E-state index contributed by atoms with van der Waals surface area (Å²) < 4.78 is 0.425. The molecule has 0 saturated heterocycles. The summed E-state index contributed by atoms with van der Waals surface area (Å²) in [6.45, 7) is 4.11. The van der Waals surface area contributed by atoms with Crippen molar-refractivity contribution in [1.29, 1.82) is 0 Å². The molecule has 0 amide bonds. The van der Waals surface area contributed by atoms with Crippen molar-refractivity contribution in [3.05, 3.63) is 0 Å². The monoisotopic (exact) mass is 332 g/mol. The summed E-state index contributed by atoms with van der Waals surface area (Å²) >= 11 is 0. The number of hydrogen-bond donors (Lipinski definition) is 3. The summed E-state index contributed by atoms with van der Waals surface area (Å²) in [6.07, 6.45) is 8.18. The molecule has 0 aromatic rings. The van der Waals surface area contributed by atoms with Crippen LogP contribution in [0.25, 0.3) is 0 Å². The maximum absolute atomic E-state index is 10.7. The number of aliphatic carboxylic acids is 2. The smallest absolute Gasteiger partial charge is 0.303 e. The van der Waals surface area contributed by atoms with Crippen molar-refractivity contribution in [3.8, 4) is 0 Å². The Balaban J connectivity index is 4.35. The van der Waals surface area contributed by atoms with E-state index in [-0.39, 0.29) is 19.6 Å². The van der Waals surface area contributed by atoms with E-state index in [2.05, 4.69) is 6.92 Å². The van der Waals surface area contributed by atoms with Crippen molar-refractivity contribution in [1.82, 2.24) is 0 Å². The number of aliphatic hydroxyl groups excluding tert-OH is 1. The zero-order chi connectivity index (χ0) is 17.6. The Labute approximate surface area is 139 Å². The number of carboxylic acid groups (broad SMARTS) is 2. The SMILES string of the molecule is CCCCCCCC[N+](CO)(CCCC(=O)O)CCCC(=O)O. The van der Waals surface area contributed by atoms with Gasteiger partial charge in [-0.25, -0.2) is 0 Å². The molecule has 6 heteroatoms. The van der Waals surface area contributed by atoms with Crippen molar-refractivity contribution >= 4 is 11.9 Å². The molecule has 136 valence electrons. The molecule has 0 unspecified atom stereocenters. The topological polar surface area (TPSA) is 94.8 Å². The third-order valence-corrected chi connectivity index (χ3v) is 4.33. The molecule has 0 aliphatic rings. The number of carbonyl (C=O) groups is 2. The van der Waals surface area contributed by atoms with Gasteiger partial charge < -0.3 is 19.8 Å². The Morgan fingerprint density at radius 1 is 0.739 bits per heavy atom. The van der Waals surface area contributed by atoms with Gasteiger partial charge in [0.05, 0.1) is 32.5 Å². The first kappa shape index (κ1) is 21.9. The van der Waals surface area contributed by atoms with E-state index in [0.717, 1.165) is 19.4 Å². The van der Waals surface area contributed by atoms with Crippen molar-refractivity contribution in [2.75, 3.05) is 26.4 Å². The summed E-state index contributed by atoms with van der Waals surface area (Å²) in [5.74, 6) is -1.66. The number of nitrogens with zero attached hydrogens (tertiary/aromatic N) is 1. The lowest BCUT2D eigenvalue weighted by molar-refractivity contribution is -0.945. The largest absolute Gasteiger partial charge is 0.481 e. The number of carboxylic acids is 2. The van der Waals surface area contributed by atoms with Crippen LogP contribution < -0.4 is 0 Å². The fourth-order valence-electron chi connectivity index (χ4n) is 2.91. The predicted octanol–water partition coefficient (Wildman–Crippen LogP) is 2.84. The maximum Gasteiger partial charge on any atom is 0.303 e. The van der Waals surface area contributed by atoms with E-state index in [9.17, 15) is 14.7 Å². The van der Waals surface area contributed by atoms with Crippen molar-refractivity contribution in [2.45, 2.75) is 71.1 Å². The molecule has 0 aromatic heterocycles. The zero-order valence-electron chi connectivity index (χ0n) is 14.5. The third-order valence-electron chi connectivity index (χ3n) is 4.33. The van der Waals surface area contributed by atoms with Crippen LogP contribution in [-0.4, -0.2) is 58.1 Å². The van der Waals surface area contributed by atoms with Gasteiger partial charge >= 0.3 is 11.9 Å². The number of rotatable bonds is 16. The molecule has 0 aromatic carbocycles. The van der Waals surface area contributed by atoms with Crippen LogP contribution in [0.5, 0.6) is 0 Å². The molecule has 0 aliphatic heterocycles. The van der Waals surface area contributed by atoms with Crippen LogP contribution in [0.3, 0.4) is 0 Å². The average molecular weight is 332 g/mol. The van der Waals surface area contributed by atoms with Crippen LogP contribution in [0.2, 0.25) is 0 Å². The highest BCUT2D eigenvalue weighted by molar-refractivity contribution is 5.66. The summed E-state index contributed by atoms with van der Waals surface area (Å²) in [7, 11) is 0. The van der Waals surface area contributed by atoms with Gasteiger partial charge in [0.2, 0.25) is 0 Å². The molecule has 0 aliphatic carbocycles. The highest BCUT2D eigenvalue weighted by atomic mass is 16.4. The standard InChI is InChI=1S/C17H33NO5/c1-2-3-4-5-6-7-12-18(15-19,13-8-10-16(20)21)14-9-11-17(22)23/h19H,2-15H2,1H3,(H-,20,21,22,23)/p+1. The predicted molar refractivity (Wildman–Crippen MR) is 89.1 cm³/mol. The van der Waals surface area contributed by atoms with Gasteiger partial charge in [-0.2, -0.15) is 0 Å². The van der Waals surface area contributed by atoms with E-state index in [4.69, 9.17) is 10.2 Å². The Bertz CT molecular complexity index is 313. The summed E-state index contributed by atoms with van der Waals surface area (Å²) in [5.41, 5.74) is 0. The van der Waals surface area contributed by atoms with Gasteiger partial charge in [-0.3, -0.25) is 9.59 Å². The van der Waals surface area contributed by atoms with E-state index in [0.29, 0.717) is 30.4 Å². The first-order chi connectivity index (χ1) is 11.0. The molecule has 0 atom stereocenters. The minimum atomic E-state index is -0.828. The number of aliphatic hydroxyl groups is 1. The van der Waals surface area contributed by atoms with Crippen LogP contribution in [-0.2, 0) is 9.59 Å². The van der Waals surface area contributed by atoms with Crippen LogP contribution in [0.1, 0.15) is 71.1 Å². The summed E-state index contributed by atoms with van der Waals surface area (Å²) in [6, 6.07) is 0. The molecule has 23 heavy (non-hydrogen) atoms. The van der Waals surface area contributed by atoms with Crippen LogP contribution in [0.15, 0.2) is 0 Å². The van der Waals surface area contributed by atoms with Crippen molar-refractivity contribution in [2.24, 2.45) is 0 Å². The molecule has 0 radical (unpaired) electrons. The number of unbranched alkanes of at least 4 members (excludes halogenated alkanes) is 5. The zero-order valence-corrected chi connectivity index (χ0v) is 14.5. The third kappa shape index (κ3) is 12.0. The van der Waals surface area contributed by atoms with Gasteiger partial charge in [0, 0.05) is 12.8 Å². The summed E-state index contributed by atoms with van der Waals surface area (Å²) in [5, 5.41) is 27.4. The van der Waals surface area contributed by atoms with E-state index in [1.165, 1.54) is 25.7 Å². The highest BCUT2D eigenvalue weighted by Crippen LogP contribution is 2.15. The lowest BCUT2D eigenvalue weighted by atomic mass is 10.1. The second-order valence-electron chi connectivity index (χ2n) is 6.42. The van der Waals surface area contributed by atoms with Crippen LogP contribution in [0.4, 0.5) is 0 Å². The number of quaternary nitrogens is 1. The Morgan fingerprint density at radius 3 is 1.61 bits per heavy atom. The van der Waals surface area contributed by atoms with Gasteiger partial charge in [0.1, 0.15) is 0 Å². The molecule has 0 bridgehead atoms. The van der Waals surface area contributed by atoms with Gasteiger partial charge in [-0.15, -0.1) is 0 Å². The highest BCUT2D eigenvalue weighted by Gasteiger charge is 2.26. The van der Waals surface area contributed by atoms with E-state index >= 15 is 0 Å². The molecule has 0 spiro atoms. The first-order valence-electron chi connectivity index (χ1n) is 8.85. The summed E-state index contributed by atoms with van der Waals surface area (Å²) in [4.78, 5) is 21.4. The molecule has 6 nitrogen and oxygen atoms in total. The molecule has 0 heterocycles. The van der Waals surface area contributed by atoms with E-state index < -0.39 is 11.9 Å². The number of hydrogen-bond acceptors (Lipinski definition) is 3. The molecule has 3 N–H and O–H groups in total. The molecule has 0 rings (SSSR count). The Hall–Kier alpha value is -1.14. The van der Waals surface area contributed by atoms with Crippen LogP contribution >= 0.6 is 0 Å². The minimum Gasteiger partial charge on any atom is -0.481 e. The molecular formula is C17H34NO5+. The van der Waals surface area contributed by atoms with Gasteiger partial charge in [-0.1, -0.05) is 32.6 Å². The normalized spacial score (nSPS) is 11.6. The molecule has 0 saturated carbocycles. The van der Waals surface area contributed by atoms with E-state index in [1.807, 2.05) is 0 Å². The van der Waals surface area contributed by atoms with Gasteiger partial charge in [-0.05, 0) is 12.8 Å². The minimum absolute atomic E-state index is 0.0474. The molecular weight excluding hydrogens is 298 g/mol. The fraction of sp³-hybridized carbons (Fsp3) is 0.882. The molecule has 0 fully saturated rings. The fourth-order valence-corrected chi connectivity index (χ4v) is 2.91. The Kier molecular flexibility index (Phi) is 12.7. The van der Waals surface area contributed by atoms with Gasteiger partial charge in [0.15, 0.2) is 6.73 Å². The Morgan fingerprint density at radius 2 is 1.17 bits per heavy atom. The maximum atomic E-state index is 10.7. The van der Waals surface area contributed by atoms with E-state index in [1.54, 1.807) is 0 Å². The second kappa shape index (κ2) is 13.3. The lowest BCUT2D eigenvalue weighted by Crippen LogP contribution is -2.51. The average Bonchev–Trinajstić information content (AvgIpc) is 2.49. The van der Waals surface area contributed by atoms with Crippen LogP contribution in [0, 0.1) is 0 Å². The second-order valence-corrected chi connectivity index (χ2v) is 6.42. The first-order valence-corrected chi connectivity index (χ1v) is 8.85. The van der Waals surface area contributed by atoms with Crippen molar-refractivity contribution < 1.29 is 29.4 Å². The quantitative estimate of drug-likeness (QED) is 0.229. The van der Waals surface area contributed by atoms with Crippen molar-refractivity contribution in [3.63, 3.8) is 0 Å². The van der Waals surface area contributed by atoms with Gasteiger partial charge in [0.25, 0.3) is 0 Å².